The van der Waals surface area contributed by atoms with Crippen LogP contribution in [0.4, 0.5) is 10.8 Å². The lowest BCUT2D eigenvalue weighted by atomic mass is 10.2. The number of rotatable bonds is 6. The molecule has 0 radical (unpaired) electrons. The summed E-state index contributed by atoms with van der Waals surface area (Å²) in [5, 5.41) is 9.98. The number of carbonyl (C=O) groups is 1. The van der Waals surface area contributed by atoms with Gasteiger partial charge in [0.05, 0.1) is 7.11 Å². The molecule has 0 bridgehead atoms. The smallest absolute Gasteiger partial charge is 0.291 e. The van der Waals surface area contributed by atoms with E-state index < -0.39 is 15.9 Å². The molecule has 3 aromatic rings. The highest BCUT2D eigenvalue weighted by atomic mass is 32.2. The second kappa shape index (κ2) is 7.50. The number of nitrogens with one attached hydrogen (secondary N) is 2. The Bertz CT molecular complexity index is 1000. The van der Waals surface area contributed by atoms with Crippen LogP contribution in [0.15, 0.2) is 58.9 Å². The predicted molar refractivity (Wildman–Crippen MR) is 98.1 cm³/mol. The number of nitrogens with zero attached hydrogens (tertiary/aromatic N) is 2. The predicted octanol–water partition coefficient (Wildman–Crippen LogP) is 2.60. The molecule has 0 atom stereocenters. The molecule has 26 heavy (non-hydrogen) atoms. The van der Waals surface area contributed by atoms with Crippen molar-refractivity contribution >= 4 is 38.1 Å². The molecule has 134 valence electrons. The second-order valence-corrected chi connectivity index (χ2v) is 7.86. The van der Waals surface area contributed by atoms with Crippen LogP contribution < -0.4 is 14.8 Å². The third kappa shape index (κ3) is 4.16. The number of ether oxygens (including phenoxy) is 1. The molecule has 1 heterocycles. The van der Waals surface area contributed by atoms with Gasteiger partial charge < -0.3 is 4.74 Å². The SMILES string of the molecule is COc1ccc(NS(=O)(=O)c2nnc(NC(=O)c3ccccc3)s2)cc1. The van der Waals surface area contributed by atoms with Crippen molar-refractivity contribution in [3.05, 3.63) is 60.2 Å². The van der Waals surface area contributed by atoms with Gasteiger partial charge in [0.1, 0.15) is 5.75 Å². The van der Waals surface area contributed by atoms with Crippen LogP contribution in [0.2, 0.25) is 0 Å². The second-order valence-electron chi connectivity index (χ2n) is 5.03. The first-order valence-electron chi connectivity index (χ1n) is 7.35. The van der Waals surface area contributed by atoms with Gasteiger partial charge in [-0.05, 0) is 36.4 Å². The van der Waals surface area contributed by atoms with Crippen molar-refractivity contribution < 1.29 is 17.9 Å². The number of benzene rings is 2. The van der Waals surface area contributed by atoms with Gasteiger partial charge in [0.25, 0.3) is 20.3 Å². The van der Waals surface area contributed by atoms with E-state index in [0.29, 0.717) is 17.0 Å². The van der Waals surface area contributed by atoms with Crippen molar-refractivity contribution in [3.8, 4) is 5.75 Å². The van der Waals surface area contributed by atoms with Crippen molar-refractivity contribution in [3.63, 3.8) is 0 Å². The Labute approximate surface area is 153 Å². The number of aromatic nitrogens is 2. The summed E-state index contributed by atoms with van der Waals surface area (Å²) < 4.78 is 31.9. The van der Waals surface area contributed by atoms with Crippen molar-refractivity contribution in [1.82, 2.24) is 10.2 Å². The Balaban J connectivity index is 1.72. The molecule has 2 aromatic carbocycles. The summed E-state index contributed by atoms with van der Waals surface area (Å²) in [6.45, 7) is 0. The molecule has 10 heteroatoms. The largest absolute Gasteiger partial charge is 0.497 e. The van der Waals surface area contributed by atoms with E-state index in [-0.39, 0.29) is 9.47 Å². The number of methoxy groups -OCH3 is 1. The first-order valence-corrected chi connectivity index (χ1v) is 9.65. The highest BCUT2D eigenvalue weighted by Gasteiger charge is 2.21. The molecule has 0 spiro atoms. The van der Waals surface area contributed by atoms with Gasteiger partial charge in [-0.3, -0.25) is 14.8 Å². The van der Waals surface area contributed by atoms with Crippen LogP contribution in [0.25, 0.3) is 0 Å². The summed E-state index contributed by atoms with van der Waals surface area (Å²) in [5.74, 6) is 0.212. The molecule has 0 unspecified atom stereocenters. The van der Waals surface area contributed by atoms with Gasteiger partial charge in [-0.25, -0.2) is 0 Å². The first kappa shape index (κ1) is 17.8. The minimum absolute atomic E-state index is 0.0916. The third-order valence-electron chi connectivity index (χ3n) is 3.24. The lowest BCUT2D eigenvalue weighted by Crippen LogP contribution is -2.12. The van der Waals surface area contributed by atoms with Gasteiger partial charge in [0.15, 0.2) is 0 Å². The molecule has 1 aromatic heterocycles. The number of sulfonamides is 1. The summed E-state index contributed by atoms with van der Waals surface area (Å²) in [6.07, 6.45) is 0. The van der Waals surface area contributed by atoms with Gasteiger partial charge in [0.2, 0.25) is 5.13 Å². The molecule has 0 aliphatic carbocycles. The fourth-order valence-electron chi connectivity index (χ4n) is 1.99. The van der Waals surface area contributed by atoms with E-state index in [0.717, 1.165) is 11.3 Å². The van der Waals surface area contributed by atoms with Crippen LogP contribution in [0.1, 0.15) is 10.4 Å². The zero-order chi connectivity index (χ0) is 18.6. The maximum Gasteiger partial charge on any atom is 0.291 e. The Morgan fingerprint density at radius 2 is 1.73 bits per heavy atom. The Morgan fingerprint density at radius 3 is 2.38 bits per heavy atom. The topological polar surface area (TPSA) is 110 Å². The molecule has 2 N–H and O–H groups in total. The van der Waals surface area contributed by atoms with Gasteiger partial charge in [-0.1, -0.05) is 29.5 Å². The van der Waals surface area contributed by atoms with Crippen molar-refractivity contribution in [2.75, 3.05) is 17.1 Å². The standard InChI is InChI=1S/C16H14N4O4S2/c1-24-13-9-7-12(8-10-13)20-26(22,23)16-19-18-15(25-16)17-14(21)11-5-3-2-4-6-11/h2-10,20H,1H3,(H,17,18,21). The molecule has 0 fully saturated rings. The zero-order valence-electron chi connectivity index (χ0n) is 13.5. The van der Waals surface area contributed by atoms with Gasteiger partial charge in [0, 0.05) is 11.3 Å². The maximum absolute atomic E-state index is 12.4. The number of carbonyl (C=O) groups excluding carboxylic acids is 1. The molecular weight excluding hydrogens is 376 g/mol. The van der Waals surface area contributed by atoms with E-state index in [9.17, 15) is 13.2 Å². The van der Waals surface area contributed by atoms with E-state index >= 15 is 0 Å². The van der Waals surface area contributed by atoms with Crippen molar-refractivity contribution in [2.24, 2.45) is 0 Å². The van der Waals surface area contributed by atoms with Crippen LogP contribution in [0, 0.1) is 0 Å². The van der Waals surface area contributed by atoms with Crippen LogP contribution in [0.3, 0.4) is 0 Å². The molecular formula is C16H14N4O4S2. The first-order chi connectivity index (χ1) is 12.5. The summed E-state index contributed by atoms with van der Waals surface area (Å²) in [7, 11) is -2.39. The van der Waals surface area contributed by atoms with Gasteiger partial charge in [-0.2, -0.15) is 8.42 Å². The van der Waals surface area contributed by atoms with Crippen LogP contribution >= 0.6 is 11.3 Å². The van der Waals surface area contributed by atoms with Gasteiger partial charge >= 0.3 is 0 Å². The summed E-state index contributed by atoms with van der Waals surface area (Å²) in [5.41, 5.74) is 0.791. The lowest BCUT2D eigenvalue weighted by molar-refractivity contribution is 0.102. The molecule has 0 aliphatic rings. The number of amides is 1. The quantitative estimate of drug-likeness (QED) is 0.626. The molecule has 0 aliphatic heterocycles. The van der Waals surface area contributed by atoms with Gasteiger partial charge in [-0.15, -0.1) is 10.2 Å². The average Bonchev–Trinajstić information content (AvgIpc) is 3.12. The third-order valence-corrected chi connectivity index (χ3v) is 5.82. The number of anilines is 2. The number of hydrogen-bond acceptors (Lipinski definition) is 7. The molecule has 3 rings (SSSR count). The molecule has 1 amide bonds. The van der Waals surface area contributed by atoms with E-state index in [1.165, 1.54) is 7.11 Å². The molecule has 8 nitrogen and oxygen atoms in total. The lowest BCUT2D eigenvalue weighted by Gasteiger charge is -2.05. The van der Waals surface area contributed by atoms with Crippen LogP contribution in [-0.2, 0) is 10.0 Å². The number of hydrogen-bond donors (Lipinski definition) is 2. The normalized spacial score (nSPS) is 11.0. The average molecular weight is 390 g/mol. The van der Waals surface area contributed by atoms with Crippen molar-refractivity contribution in [2.45, 2.75) is 4.34 Å². The Kier molecular flexibility index (Phi) is 5.14. The summed E-state index contributed by atoms with van der Waals surface area (Å²) >= 11 is 0.760. The Morgan fingerprint density at radius 1 is 1.04 bits per heavy atom. The van der Waals surface area contributed by atoms with E-state index in [1.54, 1.807) is 54.6 Å². The van der Waals surface area contributed by atoms with E-state index in [4.69, 9.17) is 4.74 Å². The molecule has 0 saturated carbocycles. The fraction of sp³-hybridized carbons (Fsp3) is 0.0625. The van der Waals surface area contributed by atoms with E-state index in [2.05, 4.69) is 20.2 Å². The Hall–Kier alpha value is -2.98. The zero-order valence-corrected chi connectivity index (χ0v) is 15.2. The monoisotopic (exact) mass is 390 g/mol. The maximum atomic E-state index is 12.4. The minimum atomic E-state index is -3.91. The van der Waals surface area contributed by atoms with Crippen LogP contribution in [-0.4, -0.2) is 31.6 Å². The fourth-order valence-corrected chi connectivity index (χ4v) is 3.94. The van der Waals surface area contributed by atoms with Crippen molar-refractivity contribution in [1.29, 1.82) is 0 Å². The highest BCUT2D eigenvalue weighted by molar-refractivity contribution is 7.94. The minimum Gasteiger partial charge on any atom is -0.497 e. The van der Waals surface area contributed by atoms with Crippen LogP contribution in [0.5, 0.6) is 5.75 Å². The molecule has 0 saturated heterocycles. The summed E-state index contributed by atoms with van der Waals surface area (Å²) in [6, 6.07) is 14.9. The summed E-state index contributed by atoms with van der Waals surface area (Å²) in [4.78, 5) is 12.1. The highest BCUT2D eigenvalue weighted by Crippen LogP contribution is 2.24. The van der Waals surface area contributed by atoms with E-state index in [1.807, 2.05) is 0 Å².